The minimum absolute atomic E-state index is 0.274. The summed E-state index contributed by atoms with van der Waals surface area (Å²) in [5.74, 6) is -1.37. The topological polar surface area (TPSA) is 82.2 Å². The molecule has 94 valence electrons. The van der Waals surface area contributed by atoms with Gasteiger partial charge in [-0.1, -0.05) is 6.07 Å². The van der Waals surface area contributed by atoms with Gasteiger partial charge in [0, 0.05) is 25.1 Å². The number of benzene rings is 1. The molecule has 0 radical (unpaired) electrons. The van der Waals surface area contributed by atoms with E-state index in [1.807, 2.05) is 30.5 Å². The van der Waals surface area contributed by atoms with Crippen molar-refractivity contribution in [1.29, 1.82) is 0 Å². The lowest BCUT2D eigenvalue weighted by molar-refractivity contribution is -0.141. The Morgan fingerprint density at radius 1 is 1.39 bits per heavy atom. The molecule has 2 rings (SSSR count). The molecule has 1 unspecified atom stereocenters. The zero-order valence-electron chi connectivity index (χ0n) is 9.93. The highest BCUT2D eigenvalue weighted by Gasteiger charge is 2.18. The van der Waals surface area contributed by atoms with E-state index >= 15 is 0 Å². The summed E-state index contributed by atoms with van der Waals surface area (Å²) >= 11 is 0. The van der Waals surface area contributed by atoms with Crippen LogP contribution in [0.25, 0.3) is 10.9 Å². The lowest BCUT2D eigenvalue weighted by Gasteiger charge is -2.13. The van der Waals surface area contributed by atoms with Gasteiger partial charge in [0.1, 0.15) is 6.04 Å². The van der Waals surface area contributed by atoms with Gasteiger partial charge in [0.2, 0.25) is 5.91 Å². The van der Waals surface area contributed by atoms with Crippen molar-refractivity contribution in [2.24, 2.45) is 0 Å². The fourth-order valence-electron chi connectivity index (χ4n) is 1.91. The van der Waals surface area contributed by atoms with Crippen LogP contribution in [0, 0.1) is 0 Å². The molecule has 3 N–H and O–H groups in total. The number of aliphatic carboxylic acids is 1. The Hall–Kier alpha value is -2.30. The maximum atomic E-state index is 11.0. The van der Waals surface area contributed by atoms with Crippen LogP contribution in [0.5, 0.6) is 0 Å². The first-order valence-electron chi connectivity index (χ1n) is 5.62. The average molecular weight is 246 g/mol. The van der Waals surface area contributed by atoms with Crippen LogP contribution in [0.1, 0.15) is 12.5 Å². The van der Waals surface area contributed by atoms with Gasteiger partial charge in [0.25, 0.3) is 0 Å². The molecule has 1 heterocycles. The Bertz CT molecular complexity index is 589. The summed E-state index contributed by atoms with van der Waals surface area (Å²) in [6.07, 6.45) is 2.10. The largest absolute Gasteiger partial charge is 0.480 e. The van der Waals surface area contributed by atoms with E-state index in [0.717, 1.165) is 16.5 Å². The molecule has 1 aromatic carbocycles. The van der Waals surface area contributed by atoms with E-state index in [1.54, 1.807) is 0 Å². The molecule has 0 aliphatic carbocycles. The lowest BCUT2D eigenvalue weighted by Crippen LogP contribution is -2.41. The second-order valence-electron chi connectivity index (χ2n) is 4.19. The minimum Gasteiger partial charge on any atom is -0.480 e. The van der Waals surface area contributed by atoms with E-state index in [4.69, 9.17) is 5.11 Å². The zero-order chi connectivity index (χ0) is 13.1. The molecule has 0 bridgehead atoms. The molecule has 1 amide bonds. The molecule has 0 saturated heterocycles. The number of amides is 1. The van der Waals surface area contributed by atoms with Crippen LogP contribution in [0.2, 0.25) is 0 Å². The van der Waals surface area contributed by atoms with E-state index < -0.39 is 12.0 Å². The fourth-order valence-corrected chi connectivity index (χ4v) is 1.91. The van der Waals surface area contributed by atoms with Crippen molar-refractivity contribution in [3.63, 3.8) is 0 Å². The number of aromatic nitrogens is 1. The number of carboxylic acid groups (broad SMARTS) is 1. The molecule has 0 aliphatic heterocycles. The first kappa shape index (κ1) is 12.2. The molecule has 0 spiro atoms. The van der Waals surface area contributed by atoms with Crippen molar-refractivity contribution in [3.8, 4) is 0 Å². The van der Waals surface area contributed by atoms with Gasteiger partial charge in [0.05, 0.1) is 0 Å². The number of carbonyl (C=O) groups is 2. The molecule has 0 saturated carbocycles. The molecule has 1 aromatic heterocycles. The van der Waals surface area contributed by atoms with Gasteiger partial charge in [-0.25, -0.2) is 4.79 Å². The van der Waals surface area contributed by atoms with Crippen molar-refractivity contribution in [2.45, 2.75) is 19.4 Å². The van der Waals surface area contributed by atoms with Gasteiger partial charge in [-0.05, 0) is 29.1 Å². The van der Waals surface area contributed by atoms with Gasteiger partial charge in [-0.3, -0.25) is 4.79 Å². The Labute approximate surface area is 104 Å². The summed E-state index contributed by atoms with van der Waals surface area (Å²) in [7, 11) is 0. The predicted octanol–water partition coefficient (Wildman–Crippen LogP) is 1.30. The van der Waals surface area contributed by atoms with E-state index in [-0.39, 0.29) is 12.3 Å². The van der Waals surface area contributed by atoms with E-state index in [1.165, 1.54) is 6.92 Å². The lowest BCUT2D eigenvalue weighted by atomic mass is 10.0. The van der Waals surface area contributed by atoms with Crippen LogP contribution in [-0.4, -0.2) is 28.0 Å². The minimum atomic E-state index is -1.03. The number of hydrogen-bond acceptors (Lipinski definition) is 2. The molecule has 18 heavy (non-hydrogen) atoms. The highest BCUT2D eigenvalue weighted by molar-refractivity contribution is 5.83. The molecule has 1 atom stereocenters. The number of carbonyl (C=O) groups excluding carboxylic acids is 1. The van der Waals surface area contributed by atoms with Crippen LogP contribution in [0.3, 0.4) is 0 Å². The van der Waals surface area contributed by atoms with Gasteiger partial charge < -0.3 is 15.4 Å². The van der Waals surface area contributed by atoms with Crippen LogP contribution in [-0.2, 0) is 16.0 Å². The number of rotatable bonds is 4. The first-order valence-corrected chi connectivity index (χ1v) is 5.62. The normalized spacial score (nSPS) is 12.3. The third kappa shape index (κ3) is 2.68. The van der Waals surface area contributed by atoms with Crippen molar-refractivity contribution in [2.75, 3.05) is 0 Å². The number of nitrogens with one attached hydrogen (secondary N) is 2. The van der Waals surface area contributed by atoms with Crippen molar-refractivity contribution in [3.05, 3.63) is 36.0 Å². The third-order valence-electron chi connectivity index (χ3n) is 2.73. The number of fused-ring (bicyclic) bond motifs is 1. The second kappa shape index (κ2) is 4.91. The fraction of sp³-hybridized carbons (Fsp3) is 0.231. The van der Waals surface area contributed by atoms with Crippen LogP contribution in [0.4, 0.5) is 0 Å². The standard InChI is InChI=1S/C13H14N2O3/c1-8(16)15-12(13(17)18)7-9-2-3-11-10(6-9)4-5-14-11/h2-6,12,14H,7H2,1H3,(H,15,16)(H,17,18). The Balaban J connectivity index is 2.19. The van der Waals surface area contributed by atoms with Gasteiger partial charge in [-0.2, -0.15) is 0 Å². The molecular weight excluding hydrogens is 232 g/mol. The summed E-state index contributed by atoms with van der Waals surface area (Å²) < 4.78 is 0. The van der Waals surface area contributed by atoms with E-state index in [0.29, 0.717) is 0 Å². The number of carboxylic acids is 1. The molecule has 5 heteroatoms. The van der Waals surface area contributed by atoms with Gasteiger partial charge in [-0.15, -0.1) is 0 Å². The predicted molar refractivity (Wildman–Crippen MR) is 67.2 cm³/mol. The molecule has 5 nitrogen and oxygen atoms in total. The molecule has 2 aromatic rings. The number of aromatic amines is 1. The molecular formula is C13H14N2O3. The number of hydrogen-bond donors (Lipinski definition) is 3. The Morgan fingerprint density at radius 2 is 2.17 bits per heavy atom. The Morgan fingerprint density at radius 3 is 2.83 bits per heavy atom. The van der Waals surface area contributed by atoms with Crippen molar-refractivity contribution < 1.29 is 14.7 Å². The monoisotopic (exact) mass is 246 g/mol. The first-order chi connectivity index (χ1) is 8.56. The van der Waals surface area contributed by atoms with E-state index in [9.17, 15) is 9.59 Å². The van der Waals surface area contributed by atoms with Crippen LogP contribution >= 0.6 is 0 Å². The summed E-state index contributed by atoms with van der Waals surface area (Å²) in [6, 6.07) is 6.71. The Kier molecular flexibility index (Phi) is 3.32. The maximum absolute atomic E-state index is 11.0. The second-order valence-corrected chi connectivity index (χ2v) is 4.19. The third-order valence-corrected chi connectivity index (χ3v) is 2.73. The number of H-pyrrole nitrogens is 1. The average Bonchev–Trinajstić information content (AvgIpc) is 2.74. The van der Waals surface area contributed by atoms with Crippen LogP contribution < -0.4 is 5.32 Å². The summed E-state index contributed by atoms with van der Waals surface area (Å²) in [4.78, 5) is 25.0. The van der Waals surface area contributed by atoms with Gasteiger partial charge in [0.15, 0.2) is 0 Å². The molecule has 0 aliphatic rings. The van der Waals surface area contributed by atoms with Gasteiger partial charge >= 0.3 is 5.97 Å². The highest BCUT2D eigenvalue weighted by atomic mass is 16.4. The quantitative estimate of drug-likeness (QED) is 0.760. The SMILES string of the molecule is CC(=O)NC(Cc1ccc2[nH]ccc2c1)C(=O)O. The smallest absolute Gasteiger partial charge is 0.326 e. The maximum Gasteiger partial charge on any atom is 0.326 e. The summed E-state index contributed by atoms with van der Waals surface area (Å²) in [6.45, 7) is 1.31. The van der Waals surface area contributed by atoms with Crippen molar-refractivity contribution >= 4 is 22.8 Å². The zero-order valence-corrected chi connectivity index (χ0v) is 9.93. The summed E-state index contributed by atoms with van der Waals surface area (Å²) in [5.41, 5.74) is 1.88. The van der Waals surface area contributed by atoms with Crippen LogP contribution in [0.15, 0.2) is 30.5 Å². The van der Waals surface area contributed by atoms with E-state index in [2.05, 4.69) is 10.3 Å². The van der Waals surface area contributed by atoms with Crippen molar-refractivity contribution in [1.82, 2.24) is 10.3 Å². The molecule has 0 fully saturated rings. The highest BCUT2D eigenvalue weighted by Crippen LogP contribution is 2.15. The summed E-state index contributed by atoms with van der Waals surface area (Å²) in [5, 5.41) is 12.5.